The van der Waals surface area contributed by atoms with Gasteiger partial charge in [0.05, 0.1) is 11.9 Å². The molecule has 0 radical (unpaired) electrons. The van der Waals surface area contributed by atoms with Crippen LogP contribution < -0.4 is 15.8 Å². The molecule has 0 aliphatic rings. The second-order valence-electron chi connectivity index (χ2n) is 4.13. The Balaban J connectivity index is 2.65. The fourth-order valence-electron chi connectivity index (χ4n) is 1.82. The van der Waals surface area contributed by atoms with E-state index >= 15 is 0 Å². The Morgan fingerprint density at radius 2 is 1.82 bits per heavy atom. The SMILES string of the molecule is CCCN(NC(CC)NCC)c1ccccc1. The maximum Gasteiger partial charge on any atom is 0.0749 e. The van der Waals surface area contributed by atoms with Crippen LogP contribution in [0, 0.1) is 0 Å². The molecule has 0 spiro atoms. The van der Waals surface area contributed by atoms with Gasteiger partial charge in [-0.2, -0.15) is 0 Å². The topological polar surface area (TPSA) is 27.3 Å². The summed E-state index contributed by atoms with van der Waals surface area (Å²) >= 11 is 0. The lowest BCUT2D eigenvalue weighted by molar-refractivity contribution is 0.406. The molecule has 0 saturated carbocycles. The molecule has 17 heavy (non-hydrogen) atoms. The van der Waals surface area contributed by atoms with Gasteiger partial charge in [0.15, 0.2) is 0 Å². The molecule has 0 bridgehead atoms. The van der Waals surface area contributed by atoms with Crippen LogP contribution >= 0.6 is 0 Å². The standard InChI is InChI=1S/C14H25N3/c1-4-12-17(13-10-8-7-9-11-13)16-14(5-2)15-6-3/h7-11,14-16H,4-6,12H2,1-3H3. The normalized spacial score (nSPS) is 12.4. The Kier molecular flexibility index (Phi) is 6.67. The number of nitrogens with one attached hydrogen (secondary N) is 2. The lowest BCUT2D eigenvalue weighted by atomic mass is 10.3. The van der Waals surface area contributed by atoms with Gasteiger partial charge in [-0.05, 0) is 31.5 Å². The first-order valence-electron chi connectivity index (χ1n) is 6.63. The van der Waals surface area contributed by atoms with Gasteiger partial charge < -0.3 is 10.3 Å². The van der Waals surface area contributed by atoms with Gasteiger partial charge in [0.25, 0.3) is 0 Å². The van der Waals surface area contributed by atoms with Gasteiger partial charge in [-0.3, -0.25) is 0 Å². The fraction of sp³-hybridized carbons (Fsp3) is 0.571. The molecule has 1 aromatic rings. The molecule has 0 heterocycles. The molecule has 0 aliphatic carbocycles. The molecular formula is C14H25N3. The van der Waals surface area contributed by atoms with E-state index in [0.29, 0.717) is 6.17 Å². The van der Waals surface area contributed by atoms with Crippen molar-refractivity contribution in [2.45, 2.75) is 39.8 Å². The van der Waals surface area contributed by atoms with Gasteiger partial charge >= 0.3 is 0 Å². The number of nitrogens with zero attached hydrogens (tertiary/aromatic N) is 1. The molecule has 1 atom stereocenters. The Morgan fingerprint density at radius 3 is 2.35 bits per heavy atom. The summed E-state index contributed by atoms with van der Waals surface area (Å²) in [6.07, 6.45) is 2.54. The Morgan fingerprint density at radius 1 is 1.12 bits per heavy atom. The third kappa shape index (κ3) is 4.75. The van der Waals surface area contributed by atoms with Crippen LogP contribution in [0.15, 0.2) is 30.3 Å². The zero-order valence-electron chi connectivity index (χ0n) is 11.2. The van der Waals surface area contributed by atoms with E-state index in [1.54, 1.807) is 0 Å². The van der Waals surface area contributed by atoms with E-state index in [1.165, 1.54) is 5.69 Å². The minimum atomic E-state index is 0.340. The van der Waals surface area contributed by atoms with Crippen LogP contribution in [0.1, 0.15) is 33.6 Å². The van der Waals surface area contributed by atoms with Gasteiger partial charge in [-0.15, -0.1) is 0 Å². The lowest BCUT2D eigenvalue weighted by Crippen LogP contribution is -2.51. The highest BCUT2D eigenvalue weighted by molar-refractivity contribution is 5.44. The number of rotatable bonds is 8. The number of para-hydroxylation sites is 1. The molecule has 0 aromatic heterocycles. The van der Waals surface area contributed by atoms with E-state index in [0.717, 1.165) is 25.9 Å². The second-order valence-corrected chi connectivity index (χ2v) is 4.13. The molecule has 0 amide bonds. The van der Waals surface area contributed by atoms with E-state index in [2.05, 4.69) is 66.9 Å². The van der Waals surface area contributed by atoms with Crippen molar-refractivity contribution in [1.29, 1.82) is 0 Å². The van der Waals surface area contributed by atoms with Crippen molar-refractivity contribution in [3.8, 4) is 0 Å². The van der Waals surface area contributed by atoms with E-state index in [-0.39, 0.29) is 0 Å². The minimum absolute atomic E-state index is 0.340. The van der Waals surface area contributed by atoms with E-state index in [4.69, 9.17) is 0 Å². The zero-order chi connectivity index (χ0) is 12.5. The molecule has 0 aliphatic heterocycles. The van der Waals surface area contributed by atoms with Crippen molar-refractivity contribution < 1.29 is 0 Å². The Bertz CT molecular complexity index is 287. The highest BCUT2D eigenvalue weighted by Gasteiger charge is 2.10. The molecule has 96 valence electrons. The maximum atomic E-state index is 3.54. The van der Waals surface area contributed by atoms with Gasteiger partial charge in [0.1, 0.15) is 0 Å². The average molecular weight is 235 g/mol. The Hall–Kier alpha value is -1.06. The highest BCUT2D eigenvalue weighted by Crippen LogP contribution is 2.11. The first kappa shape index (κ1) is 14.0. The molecule has 0 saturated heterocycles. The molecule has 1 aromatic carbocycles. The molecule has 3 heteroatoms. The van der Waals surface area contributed by atoms with Crippen molar-refractivity contribution >= 4 is 5.69 Å². The van der Waals surface area contributed by atoms with Gasteiger partial charge in [0.2, 0.25) is 0 Å². The Labute approximate surface area is 105 Å². The zero-order valence-corrected chi connectivity index (χ0v) is 11.2. The van der Waals surface area contributed by atoms with Gasteiger partial charge in [-0.25, -0.2) is 5.43 Å². The smallest absolute Gasteiger partial charge is 0.0749 e. The summed E-state index contributed by atoms with van der Waals surface area (Å²) < 4.78 is 0. The minimum Gasteiger partial charge on any atom is -0.307 e. The molecule has 3 nitrogen and oxygen atoms in total. The van der Waals surface area contributed by atoms with Crippen molar-refractivity contribution in [3.05, 3.63) is 30.3 Å². The summed E-state index contributed by atoms with van der Waals surface area (Å²) in [6.45, 7) is 8.53. The predicted molar refractivity (Wildman–Crippen MR) is 75.0 cm³/mol. The maximum absolute atomic E-state index is 3.54. The van der Waals surface area contributed by atoms with E-state index in [1.807, 2.05) is 0 Å². The number of anilines is 1. The summed E-state index contributed by atoms with van der Waals surface area (Å²) in [5.41, 5.74) is 4.77. The predicted octanol–water partition coefficient (Wildman–Crippen LogP) is 2.75. The number of hydrazine groups is 1. The van der Waals surface area contributed by atoms with Crippen LogP contribution in [0.3, 0.4) is 0 Å². The van der Waals surface area contributed by atoms with Crippen LogP contribution in [-0.2, 0) is 0 Å². The monoisotopic (exact) mass is 235 g/mol. The highest BCUT2D eigenvalue weighted by atomic mass is 15.5. The third-order valence-electron chi connectivity index (χ3n) is 2.69. The van der Waals surface area contributed by atoms with Crippen LogP contribution in [-0.4, -0.2) is 19.3 Å². The largest absolute Gasteiger partial charge is 0.307 e. The average Bonchev–Trinajstić information content (AvgIpc) is 2.38. The fourth-order valence-corrected chi connectivity index (χ4v) is 1.82. The summed E-state index contributed by atoms with van der Waals surface area (Å²) in [4.78, 5) is 0. The molecular weight excluding hydrogens is 210 g/mol. The number of hydrogen-bond acceptors (Lipinski definition) is 3. The lowest BCUT2D eigenvalue weighted by Gasteiger charge is -2.30. The van der Waals surface area contributed by atoms with Crippen LogP contribution in [0.4, 0.5) is 5.69 Å². The first-order valence-corrected chi connectivity index (χ1v) is 6.63. The summed E-state index contributed by atoms with van der Waals surface area (Å²) in [7, 11) is 0. The van der Waals surface area contributed by atoms with E-state index in [9.17, 15) is 0 Å². The van der Waals surface area contributed by atoms with E-state index < -0.39 is 0 Å². The third-order valence-corrected chi connectivity index (χ3v) is 2.69. The van der Waals surface area contributed by atoms with Crippen LogP contribution in [0.25, 0.3) is 0 Å². The molecule has 2 N–H and O–H groups in total. The first-order chi connectivity index (χ1) is 8.31. The van der Waals surface area contributed by atoms with Crippen molar-refractivity contribution in [1.82, 2.24) is 10.7 Å². The molecule has 1 rings (SSSR count). The van der Waals surface area contributed by atoms with Crippen molar-refractivity contribution in [3.63, 3.8) is 0 Å². The molecule has 1 unspecified atom stereocenters. The quantitative estimate of drug-likeness (QED) is 0.536. The summed E-state index contributed by atoms with van der Waals surface area (Å²) in [5, 5.41) is 5.67. The summed E-state index contributed by atoms with van der Waals surface area (Å²) in [6, 6.07) is 10.5. The van der Waals surface area contributed by atoms with Crippen molar-refractivity contribution in [2.24, 2.45) is 0 Å². The van der Waals surface area contributed by atoms with Crippen molar-refractivity contribution in [2.75, 3.05) is 18.1 Å². The van der Waals surface area contributed by atoms with Gasteiger partial charge in [0, 0.05) is 6.54 Å². The second kappa shape index (κ2) is 8.09. The van der Waals surface area contributed by atoms with Crippen LogP contribution in [0.5, 0.6) is 0 Å². The van der Waals surface area contributed by atoms with Crippen LogP contribution in [0.2, 0.25) is 0 Å². The molecule has 0 fully saturated rings. The number of benzene rings is 1. The summed E-state index contributed by atoms with van der Waals surface area (Å²) in [5.74, 6) is 0. The number of hydrogen-bond donors (Lipinski definition) is 2. The van der Waals surface area contributed by atoms with Gasteiger partial charge in [-0.1, -0.05) is 39.0 Å².